The fourth-order valence-electron chi connectivity index (χ4n) is 0.946. The predicted molar refractivity (Wildman–Crippen MR) is 51.5 cm³/mol. The normalized spacial score (nSPS) is 9.62. The van der Waals surface area contributed by atoms with E-state index in [1.807, 2.05) is 19.1 Å². The van der Waals surface area contributed by atoms with Crippen molar-refractivity contribution in [1.29, 1.82) is 5.26 Å². The largest absolute Gasteiger partial charge is 0.377 e. The molecule has 13 heavy (non-hydrogen) atoms. The van der Waals surface area contributed by atoms with Crippen LogP contribution in [0.4, 0.5) is 0 Å². The first-order valence-electron chi connectivity index (χ1n) is 4.04. The second-order valence-electron chi connectivity index (χ2n) is 2.56. The molecule has 0 saturated heterocycles. The van der Waals surface area contributed by atoms with Crippen LogP contribution in [0.5, 0.6) is 0 Å². The van der Waals surface area contributed by atoms with Gasteiger partial charge in [-0.1, -0.05) is 17.7 Å². The minimum Gasteiger partial charge on any atom is -0.377 e. The Morgan fingerprint density at radius 1 is 1.54 bits per heavy atom. The molecular weight excluding hydrogens is 186 g/mol. The highest BCUT2D eigenvalue weighted by atomic mass is 35.5. The van der Waals surface area contributed by atoms with Crippen LogP contribution in [0.15, 0.2) is 18.2 Å². The molecule has 0 heterocycles. The van der Waals surface area contributed by atoms with E-state index < -0.39 is 0 Å². The molecule has 0 amide bonds. The first-order chi connectivity index (χ1) is 6.27. The number of hydrogen-bond donors (Lipinski definition) is 0. The van der Waals surface area contributed by atoms with Crippen molar-refractivity contribution >= 4 is 11.6 Å². The molecule has 2 nitrogen and oxygen atoms in total. The summed E-state index contributed by atoms with van der Waals surface area (Å²) in [6, 6.07) is 7.23. The van der Waals surface area contributed by atoms with Gasteiger partial charge in [-0.25, -0.2) is 0 Å². The van der Waals surface area contributed by atoms with Gasteiger partial charge in [-0.2, -0.15) is 5.26 Å². The zero-order valence-corrected chi connectivity index (χ0v) is 8.14. The lowest BCUT2D eigenvalue weighted by molar-refractivity contribution is 0.134. The van der Waals surface area contributed by atoms with E-state index >= 15 is 0 Å². The van der Waals surface area contributed by atoms with Gasteiger partial charge >= 0.3 is 0 Å². The van der Waals surface area contributed by atoms with Crippen LogP contribution in [0.3, 0.4) is 0 Å². The third-order valence-corrected chi connectivity index (χ3v) is 2.00. The van der Waals surface area contributed by atoms with Crippen molar-refractivity contribution < 1.29 is 4.74 Å². The number of benzene rings is 1. The summed E-state index contributed by atoms with van der Waals surface area (Å²) in [6.07, 6.45) is 0. The number of rotatable bonds is 3. The molecule has 0 radical (unpaired) electrons. The van der Waals surface area contributed by atoms with Gasteiger partial charge in [0.2, 0.25) is 0 Å². The fourth-order valence-corrected chi connectivity index (χ4v) is 1.18. The fraction of sp³-hybridized carbons (Fsp3) is 0.300. The summed E-state index contributed by atoms with van der Waals surface area (Å²) >= 11 is 5.91. The molecule has 0 fully saturated rings. The Balaban J connectivity index is 2.81. The van der Waals surface area contributed by atoms with Gasteiger partial charge in [-0.3, -0.25) is 0 Å². The number of halogens is 1. The van der Waals surface area contributed by atoms with Crippen molar-refractivity contribution in [3.63, 3.8) is 0 Å². The quantitative estimate of drug-likeness (QED) is 0.743. The average Bonchev–Trinajstić information content (AvgIpc) is 2.16. The molecule has 0 aliphatic rings. The lowest BCUT2D eigenvalue weighted by Gasteiger charge is -2.03. The van der Waals surface area contributed by atoms with Crippen LogP contribution in [0.2, 0.25) is 5.02 Å². The van der Waals surface area contributed by atoms with Gasteiger partial charge in [0.15, 0.2) is 0 Å². The lowest BCUT2D eigenvalue weighted by atomic mass is 10.1. The third kappa shape index (κ3) is 2.73. The van der Waals surface area contributed by atoms with Gasteiger partial charge in [-0.15, -0.1) is 0 Å². The van der Waals surface area contributed by atoms with Crippen LogP contribution < -0.4 is 0 Å². The predicted octanol–water partition coefficient (Wildman–Crippen LogP) is 2.75. The Morgan fingerprint density at radius 3 is 2.85 bits per heavy atom. The molecule has 0 aliphatic heterocycles. The summed E-state index contributed by atoms with van der Waals surface area (Å²) in [5, 5.41) is 9.18. The highest BCUT2D eigenvalue weighted by Gasteiger charge is 2.00. The molecule has 0 aromatic heterocycles. The number of nitrogens with zero attached hydrogens (tertiary/aromatic N) is 1. The molecule has 68 valence electrons. The van der Waals surface area contributed by atoms with Crippen LogP contribution in [0.25, 0.3) is 0 Å². The van der Waals surface area contributed by atoms with Crippen molar-refractivity contribution in [3.8, 4) is 6.07 Å². The maximum absolute atomic E-state index is 8.59. The van der Waals surface area contributed by atoms with Crippen molar-refractivity contribution in [2.45, 2.75) is 13.5 Å². The standard InChI is InChI=1S/C10H10ClNO/c1-2-13-7-9-4-3-8(6-12)5-10(9)11/h3-5H,2,7H2,1H3. The molecule has 0 unspecified atom stereocenters. The molecular formula is C10H10ClNO. The zero-order valence-electron chi connectivity index (χ0n) is 7.38. The van der Waals surface area contributed by atoms with E-state index in [4.69, 9.17) is 21.6 Å². The van der Waals surface area contributed by atoms with Crippen molar-refractivity contribution in [2.24, 2.45) is 0 Å². The van der Waals surface area contributed by atoms with Crippen LogP contribution in [0.1, 0.15) is 18.1 Å². The van der Waals surface area contributed by atoms with E-state index in [0.717, 1.165) is 5.56 Å². The smallest absolute Gasteiger partial charge is 0.0992 e. The van der Waals surface area contributed by atoms with E-state index in [2.05, 4.69) is 0 Å². The van der Waals surface area contributed by atoms with Gasteiger partial charge in [0, 0.05) is 11.6 Å². The molecule has 1 aromatic carbocycles. The first kappa shape index (κ1) is 10.0. The van der Waals surface area contributed by atoms with Crippen molar-refractivity contribution in [2.75, 3.05) is 6.61 Å². The Hall–Kier alpha value is -1.04. The second kappa shape index (κ2) is 4.86. The Morgan fingerprint density at radius 2 is 2.31 bits per heavy atom. The van der Waals surface area contributed by atoms with Gasteiger partial charge in [0.25, 0.3) is 0 Å². The van der Waals surface area contributed by atoms with E-state index in [1.165, 1.54) is 0 Å². The molecule has 3 heteroatoms. The van der Waals surface area contributed by atoms with Crippen molar-refractivity contribution in [1.82, 2.24) is 0 Å². The minimum absolute atomic E-state index is 0.501. The molecule has 1 rings (SSSR count). The molecule has 0 aliphatic carbocycles. The average molecular weight is 196 g/mol. The summed E-state index contributed by atoms with van der Waals surface area (Å²) in [4.78, 5) is 0. The summed E-state index contributed by atoms with van der Waals surface area (Å²) in [5.74, 6) is 0. The van der Waals surface area contributed by atoms with E-state index in [9.17, 15) is 0 Å². The Bertz CT molecular complexity index is 330. The van der Waals surface area contributed by atoms with Crippen LogP contribution in [-0.2, 0) is 11.3 Å². The Kier molecular flexibility index (Phi) is 3.75. The van der Waals surface area contributed by atoms with Gasteiger partial charge < -0.3 is 4.74 Å². The highest BCUT2D eigenvalue weighted by Crippen LogP contribution is 2.18. The summed E-state index contributed by atoms with van der Waals surface area (Å²) < 4.78 is 5.21. The Labute approximate surface area is 82.7 Å². The highest BCUT2D eigenvalue weighted by molar-refractivity contribution is 6.31. The summed E-state index contributed by atoms with van der Waals surface area (Å²) in [6.45, 7) is 3.09. The number of hydrogen-bond acceptors (Lipinski definition) is 2. The number of ether oxygens (including phenoxy) is 1. The monoisotopic (exact) mass is 195 g/mol. The third-order valence-electron chi connectivity index (χ3n) is 1.64. The van der Waals surface area contributed by atoms with Gasteiger partial charge in [0.05, 0.1) is 18.2 Å². The zero-order chi connectivity index (χ0) is 9.68. The van der Waals surface area contributed by atoms with Crippen molar-refractivity contribution in [3.05, 3.63) is 34.3 Å². The molecule has 1 aromatic rings. The number of nitriles is 1. The molecule has 0 bridgehead atoms. The van der Waals surface area contributed by atoms with Gasteiger partial charge in [-0.05, 0) is 24.6 Å². The minimum atomic E-state index is 0.501. The second-order valence-corrected chi connectivity index (χ2v) is 2.96. The molecule has 0 atom stereocenters. The SMILES string of the molecule is CCOCc1ccc(C#N)cc1Cl. The summed E-state index contributed by atoms with van der Waals surface area (Å²) in [5.41, 5.74) is 1.49. The summed E-state index contributed by atoms with van der Waals surface area (Å²) in [7, 11) is 0. The van der Waals surface area contributed by atoms with Crippen LogP contribution in [0, 0.1) is 11.3 Å². The van der Waals surface area contributed by atoms with E-state index in [0.29, 0.717) is 23.8 Å². The lowest BCUT2D eigenvalue weighted by Crippen LogP contribution is -1.92. The van der Waals surface area contributed by atoms with E-state index in [1.54, 1.807) is 12.1 Å². The van der Waals surface area contributed by atoms with Crippen LogP contribution >= 0.6 is 11.6 Å². The first-order valence-corrected chi connectivity index (χ1v) is 4.42. The topological polar surface area (TPSA) is 33.0 Å². The van der Waals surface area contributed by atoms with Gasteiger partial charge in [0.1, 0.15) is 0 Å². The molecule has 0 spiro atoms. The van der Waals surface area contributed by atoms with E-state index in [-0.39, 0.29) is 0 Å². The van der Waals surface area contributed by atoms with Crippen LogP contribution in [-0.4, -0.2) is 6.61 Å². The maximum Gasteiger partial charge on any atom is 0.0992 e. The maximum atomic E-state index is 8.59. The molecule has 0 N–H and O–H groups in total. The molecule has 0 saturated carbocycles.